The van der Waals surface area contributed by atoms with Crippen molar-refractivity contribution in [3.63, 3.8) is 0 Å². The maximum Gasteiger partial charge on any atom is 0.418 e. The van der Waals surface area contributed by atoms with Gasteiger partial charge in [-0.05, 0) is 54.3 Å². The zero-order valence-corrected chi connectivity index (χ0v) is 17.7. The second-order valence-electron chi connectivity index (χ2n) is 7.78. The van der Waals surface area contributed by atoms with E-state index in [9.17, 15) is 31.1 Å². The van der Waals surface area contributed by atoms with Crippen LogP contribution < -0.4 is 0 Å². The molecule has 3 aromatic rings. The van der Waals surface area contributed by atoms with E-state index in [1.165, 1.54) is 6.20 Å². The van der Waals surface area contributed by atoms with Crippen LogP contribution >= 0.6 is 0 Å². The molecule has 0 fully saturated rings. The van der Waals surface area contributed by atoms with Gasteiger partial charge in [0.15, 0.2) is 0 Å². The van der Waals surface area contributed by atoms with E-state index in [2.05, 4.69) is 4.98 Å². The summed E-state index contributed by atoms with van der Waals surface area (Å²) in [6.07, 6.45) is -7.93. The molecule has 174 valence electrons. The van der Waals surface area contributed by atoms with E-state index in [1.807, 2.05) is 31.2 Å². The highest BCUT2D eigenvalue weighted by Gasteiger charge is 2.37. The Bertz CT molecular complexity index is 1100. The van der Waals surface area contributed by atoms with Crippen molar-refractivity contribution in [1.29, 1.82) is 0 Å². The van der Waals surface area contributed by atoms with Gasteiger partial charge >= 0.3 is 12.4 Å². The number of alkyl halides is 6. The van der Waals surface area contributed by atoms with Crippen LogP contribution in [0.3, 0.4) is 0 Å². The Labute approximate surface area is 187 Å². The normalized spacial score (nSPS) is 13.1. The first-order valence-corrected chi connectivity index (χ1v) is 10.2. The fourth-order valence-electron chi connectivity index (χ4n) is 3.71. The summed E-state index contributed by atoms with van der Waals surface area (Å²) in [5.41, 5.74) is -0.209. The molecular weight excluding hydrogens is 444 g/mol. The van der Waals surface area contributed by atoms with E-state index < -0.39 is 29.4 Å². The number of hydrogen-bond acceptors (Lipinski definition) is 2. The van der Waals surface area contributed by atoms with Gasteiger partial charge in [0.1, 0.15) is 5.78 Å². The number of pyridine rings is 1. The SMILES string of the molecule is Cc1ccccc1CCC(=O)C[C@@H](c1ccc(C(F)(F)F)cc1)c1ncccc1C(F)(F)F. The smallest absolute Gasteiger partial charge is 0.300 e. The number of hydrogen-bond donors (Lipinski definition) is 0. The van der Waals surface area contributed by atoms with Gasteiger partial charge in [0.2, 0.25) is 0 Å². The van der Waals surface area contributed by atoms with E-state index in [4.69, 9.17) is 0 Å². The molecule has 0 amide bonds. The summed E-state index contributed by atoms with van der Waals surface area (Å²) in [7, 11) is 0. The molecule has 1 atom stereocenters. The number of rotatable bonds is 7. The molecule has 33 heavy (non-hydrogen) atoms. The quantitative estimate of drug-likeness (QED) is 0.347. The molecule has 2 nitrogen and oxygen atoms in total. The Morgan fingerprint density at radius 1 is 0.879 bits per heavy atom. The summed E-state index contributed by atoms with van der Waals surface area (Å²) in [5, 5.41) is 0. The van der Waals surface area contributed by atoms with Crippen molar-refractivity contribution in [1.82, 2.24) is 4.98 Å². The van der Waals surface area contributed by atoms with E-state index in [0.29, 0.717) is 6.42 Å². The third-order valence-electron chi connectivity index (χ3n) is 5.48. The monoisotopic (exact) mass is 465 g/mol. The van der Waals surface area contributed by atoms with Crippen LogP contribution in [0.15, 0.2) is 66.9 Å². The van der Waals surface area contributed by atoms with Crippen LogP contribution in [-0.2, 0) is 23.6 Å². The summed E-state index contributed by atoms with van der Waals surface area (Å²) >= 11 is 0. The van der Waals surface area contributed by atoms with E-state index in [1.54, 1.807) is 0 Å². The number of carbonyl (C=O) groups is 1. The standard InChI is InChI=1S/C25H21F6NO/c1-16-5-2-3-6-17(16)10-13-20(33)15-21(18-8-11-19(12-9-18)24(26,27)28)23-22(25(29,30)31)7-4-14-32-23/h2-9,11-12,14,21H,10,13,15H2,1H3/t21-/m0/s1. The highest BCUT2D eigenvalue weighted by atomic mass is 19.4. The largest absolute Gasteiger partial charge is 0.418 e. The Balaban J connectivity index is 1.93. The van der Waals surface area contributed by atoms with Gasteiger partial charge in [0.05, 0.1) is 16.8 Å². The van der Waals surface area contributed by atoms with Gasteiger partial charge in [0, 0.05) is 25.0 Å². The number of carbonyl (C=O) groups excluding carboxylic acids is 1. The van der Waals surface area contributed by atoms with Crippen LogP contribution in [0.1, 0.15) is 52.3 Å². The highest BCUT2D eigenvalue weighted by Crippen LogP contribution is 2.39. The molecule has 0 bridgehead atoms. The van der Waals surface area contributed by atoms with E-state index in [-0.39, 0.29) is 29.9 Å². The van der Waals surface area contributed by atoms with Gasteiger partial charge in [-0.3, -0.25) is 9.78 Å². The summed E-state index contributed by atoms with van der Waals surface area (Å²) in [5.74, 6) is -1.43. The van der Waals surface area contributed by atoms with Crippen LogP contribution in [0, 0.1) is 6.92 Å². The number of aromatic nitrogens is 1. The van der Waals surface area contributed by atoms with Gasteiger partial charge in [0.25, 0.3) is 0 Å². The lowest BCUT2D eigenvalue weighted by molar-refractivity contribution is -0.139. The minimum atomic E-state index is -4.72. The number of aryl methyl sites for hydroxylation is 2. The Kier molecular flexibility index (Phi) is 7.25. The third kappa shape index (κ3) is 6.21. The molecule has 1 heterocycles. The van der Waals surface area contributed by atoms with Crippen molar-refractivity contribution >= 4 is 5.78 Å². The third-order valence-corrected chi connectivity index (χ3v) is 5.48. The van der Waals surface area contributed by atoms with Crippen molar-refractivity contribution < 1.29 is 31.1 Å². The van der Waals surface area contributed by atoms with E-state index in [0.717, 1.165) is 47.5 Å². The topological polar surface area (TPSA) is 30.0 Å². The fourth-order valence-corrected chi connectivity index (χ4v) is 3.71. The van der Waals surface area contributed by atoms with Crippen LogP contribution in [-0.4, -0.2) is 10.8 Å². The van der Waals surface area contributed by atoms with Crippen molar-refractivity contribution in [3.8, 4) is 0 Å². The summed E-state index contributed by atoms with van der Waals surface area (Å²) in [6, 6.07) is 13.3. The molecule has 2 aromatic carbocycles. The number of benzene rings is 2. The Hall–Kier alpha value is -3.16. The highest BCUT2D eigenvalue weighted by molar-refractivity contribution is 5.80. The average molecular weight is 465 g/mol. The molecule has 1 aromatic heterocycles. The lowest BCUT2D eigenvalue weighted by Crippen LogP contribution is -2.17. The van der Waals surface area contributed by atoms with Gasteiger partial charge in [-0.1, -0.05) is 36.4 Å². The summed E-state index contributed by atoms with van der Waals surface area (Å²) in [4.78, 5) is 16.7. The average Bonchev–Trinajstić information content (AvgIpc) is 2.76. The van der Waals surface area contributed by atoms with Crippen molar-refractivity contribution in [2.45, 2.75) is 44.5 Å². The van der Waals surface area contributed by atoms with Crippen molar-refractivity contribution in [2.24, 2.45) is 0 Å². The van der Waals surface area contributed by atoms with Crippen LogP contribution in [0.25, 0.3) is 0 Å². The summed E-state index contributed by atoms with van der Waals surface area (Å²) in [6.45, 7) is 1.90. The van der Waals surface area contributed by atoms with Crippen LogP contribution in [0.2, 0.25) is 0 Å². The molecule has 8 heteroatoms. The zero-order chi connectivity index (χ0) is 24.2. The Morgan fingerprint density at radius 3 is 2.15 bits per heavy atom. The molecule has 0 N–H and O–H groups in total. The predicted molar refractivity (Wildman–Crippen MR) is 112 cm³/mol. The predicted octanol–water partition coefficient (Wildman–Crippen LogP) is 7.15. The second-order valence-corrected chi connectivity index (χ2v) is 7.78. The molecule has 0 aliphatic heterocycles. The van der Waals surface area contributed by atoms with E-state index >= 15 is 0 Å². The van der Waals surface area contributed by atoms with Crippen LogP contribution in [0.4, 0.5) is 26.3 Å². The van der Waals surface area contributed by atoms with Gasteiger partial charge in [-0.25, -0.2) is 0 Å². The molecule has 3 rings (SSSR count). The lowest BCUT2D eigenvalue weighted by atomic mass is 9.86. The van der Waals surface area contributed by atoms with Crippen molar-refractivity contribution in [3.05, 3.63) is 100 Å². The maximum absolute atomic E-state index is 13.6. The first-order valence-electron chi connectivity index (χ1n) is 10.2. The fraction of sp³-hybridized carbons (Fsp3) is 0.280. The first-order chi connectivity index (χ1) is 15.5. The number of Topliss-reactive ketones (excluding diaryl/α,β-unsaturated/α-hetero) is 1. The summed E-state index contributed by atoms with van der Waals surface area (Å²) < 4.78 is 79.7. The molecule has 0 saturated heterocycles. The van der Waals surface area contributed by atoms with Gasteiger partial charge < -0.3 is 0 Å². The van der Waals surface area contributed by atoms with Gasteiger partial charge in [-0.15, -0.1) is 0 Å². The minimum absolute atomic E-state index is 0.0934. The first kappa shape index (κ1) is 24.5. The molecule has 0 unspecified atom stereocenters. The minimum Gasteiger partial charge on any atom is -0.300 e. The molecule has 0 aliphatic rings. The van der Waals surface area contributed by atoms with Crippen LogP contribution in [0.5, 0.6) is 0 Å². The van der Waals surface area contributed by atoms with Gasteiger partial charge in [-0.2, -0.15) is 26.3 Å². The maximum atomic E-state index is 13.6. The molecular formula is C25H21F6NO. The molecule has 0 spiro atoms. The zero-order valence-electron chi connectivity index (χ0n) is 17.7. The number of halogens is 6. The number of nitrogens with zero attached hydrogens (tertiary/aromatic N) is 1. The Morgan fingerprint density at radius 2 is 1.55 bits per heavy atom. The lowest BCUT2D eigenvalue weighted by Gasteiger charge is -2.21. The molecule has 0 radical (unpaired) electrons. The molecule has 0 aliphatic carbocycles. The van der Waals surface area contributed by atoms with Crippen molar-refractivity contribution in [2.75, 3.05) is 0 Å². The number of ketones is 1. The second kappa shape index (κ2) is 9.77. The molecule has 0 saturated carbocycles.